The molecule has 2 aromatic rings. The molecule has 2 N–H and O–H groups in total. The summed E-state index contributed by atoms with van der Waals surface area (Å²) in [5.74, 6) is 1.41. The van der Waals surface area contributed by atoms with Crippen LogP contribution in [0.25, 0.3) is 0 Å². The number of hydrogen-bond acceptors (Lipinski definition) is 4. The summed E-state index contributed by atoms with van der Waals surface area (Å²) in [6.07, 6.45) is 1.68. The maximum Gasteiger partial charge on any atom is 0.247 e. The van der Waals surface area contributed by atoms with E-state index >= 15 is 0 Å². The highest BCUT2D eigenvalue weighted by Crippen LogP contribution is 2.17. The highest BCUT2D eigenvalue weighted by atomic mass is 16.5. The van der Waals surface area contributed by atoms with Gasteiger partial charge in [0.15, 0.2) is 0 Å². The predicted molar refractivity (Wildman–Crippen MR) is 91.9 cm³/mol. The fourth-order valence-corrected chi connectivity index (χ4v) is 2.19. The molecule has 0 radical (unpaired) electrons. The molecule has 6 heteroatoms. The Kier molecular flexibility index (Phi) is 5.62. The van der Waals surface area contributed by atoms with Gasteiger partial charge in [0.05, 0.1) is 12.8 Å². The van der Waals surface area contributed by atoms with E-state index in [0.29, 0.717) is 12.4 Å². The smallest absolute Gasteiger partial charge is 0.247 e. The minimum Gasteiger partial charge on any atom is -0.494 e. The standard InChI is InChI=1S/C17H24N4O2/c1-5-23-15-8-6-14(7-9-15)19-13(4)17(22)20-16-10-11-18-21(16)12(2)3/h6-13,19H,5H2,1-4H3,(H,20,22). The van der Waals surface area contributed by atoms with E-state index in [1.54, 1.807) is 16.9 Å². The van der Waals surface area contributed by atoms with E-state index in [0.717, 1.165) is 11.4 Å². The molecule has 2 rings (SSSR count). The largest absolute Gasteiger partial charge is 0.494 e. The minimum atomic E-state index is -0.372. The first kappa shape index (κ1) is 16.9. The molecule has 0 saturated carbocycles. The van der Waals surface area contributed by atoms with Crippen LogP contribution in [0.1, 0.15) is 33.7 Å². The molecule has 23 heavy (non-hydrogen) atoms. The number of hydrogen-bond donors (Lipinski definition) is 2. The summed E-state index contributed by atoms with van der Waals surface area (Å²) >= 11 is 0. The molecule has 1 unspecified atom stereocenters. The molecule has 0 saturated heterocycles. The molecule has 1 atom stereocenters. The minimum absolute atomic E-state index is 0.110. The van der Waals surface area contributed by atoms with E-state index in [1.165, 1.54) is 0 Å². The number of carbonyl (C=O) groups is 1. The van der Waals surface area contributed by atoms with Gasteiger partial charge in [-0.15, -0.1) is 0 Å². The number of amides is 1. The highest BCUT2D eigenvalue weighted by Gasteiger charge is 2.15. The van der Waals surface area contributed by atoms with Crippen molar-refractivity contribution in [2.45, 2.75) is 39.8 Å². The Hall–Kier alpha value is -2.50. The second-order valence-electron chi connectivity index (χ2n) is 5.57. The van der Waals surface area contributed by atoms with Crippen LogP contribution in [-0.4, -0.2) is 28.3 Å². The van der Waals surface area contributed by atoms with Crippen LogP contribution in [-0.2, 0) is 4.79 Å². The second kappa shape index (κ2) is 7.67. The number of rotatable bonds is 7. The molecule has 0 fully saturated rings. The van der Waals surface area contributed by atoms with Crippen LogP contribution < -0.4 is 15.4 Å². The lowest BCUT2D eigenvalue weighted by atomic mass is 10.2. The van der Waals surface area contributed by atoms with Crippen molar-refractivity contribution in [3.05, 3.63) is 36.5 Å². The van der Waals surface area contributed by atoms with Gasteiger partial charge in [0.1, 0.15) is 17.6 Å². The second-order valence-corrected chi connectivity index (χ2v) is 5.57. The highest BCUT2D eigenvalue weighted by molar-refractivity contribution is 5.95. The SMILES string of the molecule is CCOc1ccc(NC(C)C(=O)Nc2ccnn2C(C)C)cc1. The molecule has 0 aliphatic rings. The summed E-state index contributed by atoms with van der Waals surface area (Å²) in [6, 6.07) is 9.16. The Labute approximate surface area is 136 Å². The molecule has 1 aromatic heterocycles. The zero-order valence-corrected chi connectivity index (χ0v) is 14.0. The quantitative estimate of drug-likeness (QED) is 0.822. The number of aromatic nitrogens is 2. The van der Waals surface area contributed by atoms with Crippen LogP contribution in [0.5, 0.6) is 5.75 Å². The van der Waals surface area contributed by atoms with Gasteiger partial charge in [0, 0.05) is 17.8 Å². The molecule has 0 aliphatic carbocycles. The summed E-state index contributed by atoms with van der Waals surface area (Å²) in [6.45, 7) is 8.44. The van der Waals surface area contributed by atoms with Gasteiger partial charge in [-0.05, 0) is 52.0 Å². The zero-order valence-electron chi connectivity index (χ0n) is 14.0. The van der Waals surface area contributed by atoms with Gasteiger partial charge in [0.2, 0.25) is 5.91 Å². The van der Waals surface area contributed by atoms with Crippen molar-refractivity contribution in [3.63, 3.8) is 0 Å². The van der Waals surface area contributed by atoms with Gasteiger partial charge in [-0.25, -0.2) is 4.68 Å². The third-order valence-electron chi connectivity index (χ3n) is 3.35. The molecule has 0 aliphatic heterocycles. The normalized spacial score (nSPS) is 12.0. The lowest BCUT2D eigenvalue weighted by molar-refractivity contribution is -0.116. The molecule has 6 nitrogen and oxygen atoms in total. The number of nitrogens with zero attached hydrogens (tertiary/aromatic N) is 2. The van der Waals surface area contributed by atoms with Crippen molar-refractivity contribution in [2.75, 3.05) is 17.2 Å². The Morgan fingerprint density at radius 2 is 1.91 bits per heavy atom. The van der Waals surface area contributed by atoms with Gasteiger partial charge in [-0.1, -0.05) is 0 Å². The van der Waals surface area contributed by atoms with Crippen LogP contribution in [0.3, 0.4) is 0 Å². The summed E-state index contributed by atoms with van der Waals surface area (Å²) in [7, 11) is 0. The van der Waals surface area contributed by atoms with Crippen molar-refractivity contribution >= 4 is 17.4 Å². The molecule has 0 spiro atoms. The number of benzene rings is 1. The van der Waals surface area contributed by atoms with E-state index in [9.17, 15) is 4.79 Å². The van der Waals surface area contributed by atoms with Crippen molar-refractivity contribution < 1.29 is 9.53 Å². The molecular weight excluding hydrogens is 292 g/mol. The van der Waals surface area contributed by atoms with Crippen molar-refractivity contribution in [1.29, 1.82) is 0 Å². The topological polar surface area (TPSA) is 68.2 Å². The van der Waals surface area contributed by atoms with Crippen molar-refractivity contribution in [2.24, 2.45) is 0 Å². The summed E-state index contributed by atoms with van der Waals surface area (Å²) in [5, 5.41) is 10.3. The van der Waals surface area contributed by atoms with Crippen molar-refractivity contribution in [1.82, 2.24) is 9.78 Å². The number of ether oxygens (including phenoxy) is 1. The van der Waals surface area contributed by atoms with E-state index in [1.807, 2.05) is 52.0 Å². The van der Waals surface area contributed by atoms with Gasteiger partial charge >= 0.3 is 0 Å². The Bertz CT molecular complexity index is 634. The first-order chi connectivity index (χ1) is 11.0. The lowest BCUT2D eigenvalue weighted by Crippen LogP contribution is -2.32. The Morgan fingerprint density at radius 3 is 2.52 bits per heavy atom. The third-order valence-corrected chi connectivity index (χ3v) is 3.35. The number of carbonyl (C=O) groups excluding carboxylic acids is 1. The van der Waals surface area contributed by atoms with Crippen LogP contribution in [0, 0.1) is 0 Å². The number of nitrogens with one attached hydrogen (secondary N) is 2. The van der Waals surface area contributed by atoms with Crippen LogP contribution in [0.15, 0.2) is 36.5 Å². The zero-order chi connectivity index (χ0) is 16.8. The predicted octanol–water partition coefficient (Wildman–Crippen LogP) is 3.30. The summed E-state index contributed by atoms with van der Waals surface area (Å²) in [5.41, 5.74) is 0.869. The molecule has 1 aromatic carbocycles. The first-order valence-corrected chi connectivity index (χ1v) is 7.85. The number of anilines is 2. The Balaban J connectivity index is 1.95. The van der Waals surface area contributed by atoms with E-state index in [-0.39, 0.29) is 18.0 Å². The van der Waals surface area contributed by atoms with Crippen LogP contribution >= 0.6 is 0 Å². The summed E-state index contributed by atoms with van der Waals surface area (Å²) < 4.78 is 7.18. The molecule has 0 bridgehead atoms. The van der Waals surface area contributed by atoms with Crippen molar-refractivity contribution in [3.8, 4) is 5.75 Å². The monoisotopic (exact) mass is 316 g/mol. The van der Waals surface area contributed by atoms with Gasteiger partial charge < -0.3 is 15.4 Å². The molecular formula is C17H24N4O2. The van der Waals surface area contributed by atoms with E-state index in [2.05, 4.69) is 15.7 Å². The first-order valence-electron chi connectivity index (χ1n) is 7.85. The van der Waals surface area contributed by atoms with Crippen LogP contribution in [0.2, 0.25) is 0 Å². The molecule has 1 heterocycles. The van der Waals surface area contributed by atoms with E-state index in [4.69, 9.17) is 4.74 Å². The average Bonchev–Trinajstić information content (AvgIpc) is 2.97. The van der Waals surface area contributed by atoms with Crippen LogP contribution in [0.4, 0.5) is 11.5 Å². The lowest BCUT2D eigenvalue weighted by Gasteiger charge is -2.17. The maximum absolute atomic E-state index is 12.3. The molecule has 124 valence electrons. The Morgan fingerprint density at radius 1 is 1.22 bits per heavy atom. The fourth-order valence-electron chi connectivity index (χ4n) is 2.19. The summed E-state index contributed by atoms with van der Waals surface area (Å²) in [4.78, 5) is 12.3. The fraction of sp³-hybridized carbons (Fsp3) is 0.412. The van der Waals surface area contributed by atoms with Gasteiger partial charge in [-0.3, -0.25) is 4.79 Å². The molecule has 1 amide bonds. The van der Waals surface area contributed by atoms with Gasteiger partial charge in [0.25, 0.3) is 0 Å². The van der Waals surface area contributed by atoms with Gasteiger partial charge in [-0.2, -0.15) is 5.10 Å². The maximum atomic E-state index is 12.3. The third kappa shape index (κ3) is 4.48. The average molecular weight is 316 g/mol. The van der Waals surface area contributed by atoms with E-state index < -0.39 is 0 Å².